The maximum atomic E-state index is 4.47. The molecule has 1 fully saturated rings. The summed E-state index contributed by atoms with van der Waals surface area (Å²) in [6, 6.07) is 2.87. The Bertz CT molecular complexity index is 534. The second kappa shape index (κ2) is 4.35. The Morgan fingerprint density at radius 3 is 2.89 bits per heavy atom. The maximum Gasteiger partial charge on any atom is 0.121 e. The third-order valence-corrected chi connectivity index (χ3v) is 5.34. The van der Waals surface area contributed by atoms with Crippen molar-refractivity contribution in [2.75, 3.05) is 6.54 Å². The van der Waals surface area contributed by atoms with Gasteiger partial charge >= 0.3 is 0 Å². The predicted octanol–water partition coefficient (Wildman–Crippen LogP) is 3.25. The third-order valence-electron chi connectivity index (χ3n) is 4.05. The minimum absolute atomic E-state index is 0.526. The van der Waals surface area contributed by atoms with Gasteiger partial charge in [0.1, 0.15) is 4.83 Å². The van der Waals surface area contributed by atoms with Gasteiger partial charge in [0, 0.05) is 23.4 Å². The molecule has 0 saturated carbocycles. The maximum absolute atomic E-state index is 4.47. The molecule has 1 saturated heterocycles. The van der Waals surface area contributed by atoms with E-state index in [4.69, 9.17) is 0 Å². The van der Waals surface area contributed by atoms with Gasteiger partial charge in [0.05, 0.1) is 5.69 Å². The zero-order valence-corrected chi connectivity index (χ0v) is 12.3. The number of aromatic nitrogens is 2. The zero-order valence-electron chi connectivity index (χ0n) is 11.5. The normalized spacial score (nSPS) is 29.0. The van der Waals surface area contributed by atoms with E-state index in [0.717, 1.165) is 24.1 Å². The molecule has 0 spiro atoms. The van der Waals surface area contributed by atoms with Crippen LogP contribution in [0.3, 0.4) is 0 Å². The highest BCUT2D eigenvalue weighted by molar-refractivity contribution is 7.18. The van der Waals surface area contributed by atoms with E-state index in [9.17, 15) is 0 Å². The molecular weight excluding hydrogens is 242 g/mol. The SMILES string of the molecule is Cc1nn(C)c2sc(C3NCC(C)CC3C)cc12. The fourth-order valence-electron chi connectivity index (χ4n) is 3.14. The Hall–Kier alpha value is -0.870. The van der Waals surface area contributed by atoms with Crippen LogP contribution >= 0.6 is 11.3 Å². The lowest BCUT2D eigenvalue weighted by Gasteiger charge is -2.33. The van der Waals surface area contributed by atoms with Crippen LogP contribution < -0.4 is 5.32 Å². The molecule has 2 aromatic heterocycles. The first-order chi connectivity index (χ1) is 8.56. The van der Waals surface area contributed by atoms with Gasteiger partial charge in [0.25, 0.3) is 0 Å². The van der Waals surface area contributed by atoms with Crippen LogP contribution in [-0.4, -0.2) is 16.3 Å². The van der Waals surface area contributed by atoms with Crippen LogP contribution in [0.2, 0.25) is 0 Å². The van der Waals surface area contributed by atoms with Crippen molar-refractivity contribution >= 4 is 21.6 Å². The molecule has 3 unspecified atom stereocenters. The first-order valence-corrected chi connectivity index (χ1v) is 7.54. The average Bonchev–Trinajstić information content (AvgIpc) is 2.82. The molecule has 0 aliphatic carbocycles. The summed E-state index contributed by atoms with van der Waals surface area (Å²) in [5.74, 6) is 1.52. The number of fused-ring (bicyclic) bond motifs is 1. The van der Waals surface area contributed by atoms with Gasteiger partial charge in [-0.25, -0.2) is 0 Å². The van der Waals surface area contributed by atoms with E-state index in [1.54, 1.807) is 0 Å². The van der Waals surface area contributed by atoms with Crippen LogP contribution in [0.25, 0.3) is 10.2 Å². The average molecular weight is 263 g/mol. The predicted molar refractivity (Wildman–Crippen MR) is 77.0 cm³/mol. The van der Waals surface area contributed by atoms with Crippen LogP contribution in [0.15, 0.2) is 6.07 Å². The summed E-state index contributed by atoms with van der Waals surface area (Å²) in [6.45, 7) is 7.93. The number of nitrogens with one attached hydrogen (secondary N) is 1. The highest BCUT2D eigenvalue weighted by Gasteiger charge is 2.28. The molecule has 0 bridgehead atoms. The van der Waals surface area contributed by atoms with Crippen LogP contribution in [0.5, 0.6) is 0 Å². The fourth-order valence-corrected chi connectivity index (χ4v) is 4.47. The Morgan fingerprint density at radius 1 is 1.44 bits per heavy atom. The molecule has 0 radical (unpaired) electrons. The molecule has 1 aliphatic rings. The molecule has 3 nitrogen and oxygen atoms in total. The van der Waals surface area contributed by atoms with Crippen molar-refractivity contribution in [1.82, 2.24) is 15.1 Å². The Labute approximate surface area is 112 Å². The van der Waals surface area contributed by atoms with Crippen molar-refractivity contribution in [3.63, 3.8) is 0 Å². The Morgan fingerprint density at radius 2 is 2.22 bits per heavy atom. The number of piperidine rings is 1. The van der Waals surface area contributed by atoms with Crippen LogP contribution in [0, 0.1) is 18.8 Å². The summed E-state index contributed by atoms with van der Waals surface area (Å²) >= 11 is 1.89. The molecule has 1 aliphatic heterocycles. The van der Waals surface area contributed by atoms with E-state index in [1.165, 1.54) is 21.5 Å². The van der Waals surface area contributed by atoms with Gasteiger partial charge in [0.15, 0.2) is 0 Å². The van der Waals surface area contributed by atoms with Gasteiger partial charge in [0.2, 0.25) is 0 Å². The first-order valence-electron chi connectivity index (χ1n) is 6.72. The summed E-state index contributed by atoms with van der Waals surface area (Å²) in [4.78, 5) is 2.77. The van der Waals surface area contributed by atoms with E-state index >= 15 is 0 Å². The number of thiophene rings is 1. The number of hydrogen-bond acceptors (Lipinski definition) is 3. The number of aryl methyl sites for hydroxylation is 2. The van der Waals surface area contributed by atoms with E-state index in [2.05, 4.69) is 37.3 Å². The van der Waals surface area contributed by atoms with Gasteiger partial charge in [-0.15, -0.1) is 11.3 Å². The molecular formula is C14H21N3S. The van der Waals surface area contributed by atoms with Gasteiger partial charge in [-0.3, -0.25) is 4.68 Å². The minimum Gasteiger partial charge on any atom is -0.309 e. The van der Waals surface area contributed by atoms with Crippen molar-refractivity contribution < 1.29 is 0 Å². The second-order valence-corrected chi connectivity index (χ2v) is 6.84. The molecule has 1 N–H and O–H groups in total. The van der Waals surface area contributed by atoms with E-state index in [1.807, 2.05) is 23.1 Å². The van der Waals surface area contributed by atoms with Crippen LogP contribution in [0.1, 0.15) is 36.9 Å². The highest BCUT2D eigenvalue weighted by atomic mass is 32.1. The van der Waals surface area contributed by atoms with E-state index in [-0.39, 0.29) is 0 Å². The molecule has 18 heavy (non-hydrogen) atoms. The van der Waals surface area contributed by atoms with Gasteiger partial charge in [-0.2, -0.15) is 5.10 Å². The smallest absolute Gasteiger partial charge is 0.121 e. The molecule has 0 amide bonds. The second-order valence-electron chi connectivity index (χ2n) is 5.78. The van der Waals surface area contributed by atoms with Gasteiger partial charge in [-0.1, -0.05) is 13.8 Å². The molecule has 98 valence electrons. The van der Waals surface area contributed by atoms with Crippen molar-refractivity contribution in [1.29, 1.82) is 0 Å². The van der Waals surface area contributed by atoms with Crippen molar-refractivity contribution in [2.24, 2.45) is 18.9 Å². The Kier molecular flexibility index (Phi) is 2.94. The summed E-state index contributed by atoms with van der Waals surface area (Å²) in [7, 11) is 2.04. The number of rotatable bonds is 1. The lowest BCUT2D eigenvalue weighted by molar-refractivity contribution is 0.249. The highest BCUT2D eigenvalue weighted by Crippen LogP contribution is 2.38. The topological polar surface area (TPSA) is 29.9 Å². The standard InChI is InChI=1S/C14H21N3S/c1-8-5-9(2)13(15-7-8)12-6-11-10(3)16-17(4)14(11)18-12/h6,8-9,13,15H,5,7H2,1-4H3. The Balaban J connectivity index is 1.97. The third kappa shape index (κ3) is 1.88. The fraction of sp³-hybridized carbons (Fsp3) is 0.643. The number of hydrogen-bond donors (Lipinski definition) is 1. The van der Waals surface area contributed by atoms with Gasteiger partial charge in [-0.05, 0) is 37.8 Å². The van der Waals surface area contributed by atoms with Gasteiger partial charge < -0.3 is 5.32 Å². The molecule has 4 heteroatoms. The summed E-state index contributed by atoms with van der Waals surface area (Å²) in [5, 5.41) is 9.50. The summed E-state index contributed by atoms with van der Waals surface area (Å²) < 4.78 is 2.01. The molecule has 3 rings (SSSR count). The van der Waals surface area contributed by atoms with Crippen LogP contribution in [0.4, 0.5) is 0 Å². The summed E-state index contributed by atoms with van der Waals surface area (Å²) in [5.41, 5.74) is 1.15. The largest absolute Gasteiger partial charge is 0.309 e. The van der Waals surface area contributed by atoms with E-state index < -0.39 is 0 Å². The quantitative estimate of drug-likeness (QED) is 0.856. The van der Waals surface area contributed by atoms with Crippen molar-refractivity contribution in [3.8, 4) is 0 Å². The number of nitrogens with zero attached hydrogens (tertiary/aromatic N) is 2. The van der Waals surface area contributed by atoms with Crippen molar-refractivity contribution in [2.45, 2.75) is 33.2 Å². The lowest BCUT2D eigenvalue weighted by Crippen LogP contribution is -2.36. The zero-order chi connectivity index (χ0) is 12.9. The van der Waals surface area contributed by atoms with Crippen molar-refractivity contribution in [3.05, 3.63) is 16.6 Å². The summed E-state index contributed by atoms with van der Waals surface area (Å²) in [6.07, 6.45) is 1.32. The molecule has 0 aromatic carbocycles. The molecule has 3 heterocycles. The minimum atomic E-state index is 0.526. The molecule has 3 atom stereocenters. The van der Waals surface area contributed by atoms with Crippen LogP contribution in [-0.2, 0) is 7.05 Å². The monoisotopic (exact) mass is 263 g/mol. The molecule has 2 aromatic rings. The lowest BCUT2D eigenvalue weighted by atomic mass is 9.86. The van der Waals surface area contributed by atoms with E-state index in [0.29, 0.717) is 6.04 Å². The first kappa shape index (κ1) is 12.2.